The van der Waals surface area contributed by atoms with Crippen LogP contribution in [0.25, 0.3) is 33.0 Å². The Bertz CT molecular complexity index is 1280. The van der Waals surface area contributed by atoms with Gasteiger partial charge in [-0.05, 0) is 22.6 Å². The van der Waals surface area contributed by atoms with Gasteiger partial charge in [-0.2, -0.15) is 0 Å². The lowest BCUT2D eigenvalue weighted by Crippen LogP contribution is -2.17. The van der Waals surface area contributed by atoms with E-state index in [1.807, 2.05) is 30.3 Å². The average Bonchev–Trinajstić information content (AvgIpc) is 3.04. The zero-order valence-corrected chi connectivity index (χ0v) is 16.1. The zero-order chi connectivity index (χ0) is 20.4. The standard InChI is InChI=1S/C21H19N7O/c1-13(2)16-5-3-4-6-17(16)19-23-11-18-20(25-19)28(21(29)24-18)12-14-7-9-15(10-8-14)26-27-22/h3-11,13H,12H2,1-2H3,(H,24,29). The maximum absolute atomic E-state index is 12.5. The fourth-order valence-electron chi connectivity index (χ4n) is 3.33. The molecule has 2 heterocycles. The molecule has 0 saturated heterocycles. The molecule has 0 saturated carbocycles. The number of H-pyrrole nitrogens is 1. The summed E-state index contributed by atoms with van der Waals surface area (Å²) in [6, 6.07) is 15.1. The Hall–Kier alpha value is -3.90. The van der Waals surface area contributed by atoms with Gasteiger partial charge in [0, 0.05) is 16.2 Å². The van der Waals surface area contributed by atoms with Crippen LogP contribution in [0, 0.1) is 0 Å². The molecule has 8 heteroatoms. The number of aromatic nitrogens is 4. The van der Waals surface area contributed by atoms with Crippen LogP contribution < -0.4 is 5.69 Å². The summed E-state index contributed by atoms with van der Waals surface area (Å²) in [7, 11) is 0. The van der Waals surface area contributed by atoms with E-state index in [0.717, 1.165) is 16.7 Å². The number of nitrogens with one attached hydrogen (secondary N) is 1. The highest BCUT2D eigenvalue weighted by Gasteiger charge is 2.14. The number of hydrogen-bond acceptors (Lipinski definition) is 4. The number of aromatic amines is 1. The average molecular weight is 385 g/mol. The highest BCUT2D eigenvalue weighted by molar-refractivity contribution is 5.73. The SMILES string of the molecule is CC(C)c1ccccc1-c1ncc2[nH]c(=O)n(Cc3ccc(N=[N+]=[N-])cc3)c2n1. The first-order valence-corrected chi connectivity index (χ1v) is 9.25. The Kier molecular flexibility index (Phi) is 4.85. The number of benzene rings is 2. The predicted octanol–water partition coefficient (Wildman–Crippen LogP) is 4.90. The Morgan fingerprint density at radius 1 is 1.17 bits per heavy atom. The second-order valence-corrected chi connectivity index (χ2v) is 7.05. The van der Waals surface area contributed by atoms with E-state index in [9.17, 15) is 4.79 Å². The Labute approximate surface area is 166 Å². The normalized spacial score (nSPS) is 11.0. The number of nitrogens with zero attached hydrogens (tertiary/aromatic N) is 6. The summed E-state index contributed by atoms with van der Waals surface area (Å²) in [5.74, 6) is 0.918. The highest BCUT2D eigenvalue weighted by atomic mass is 16.1. The van der Waals surface area contributed by atoms with Crippen LogP contribution in [0.2, 0.25) is 0 Å². The van der Waals surface area contributed by atoms with E-state index in [-0.39, 0.29) is 5.69 Å². The van der Waals surface area contributed by atoms with Crippen molar-refractivity contribution in [1.29, 1.82) is 0 Å². The predicted molar refractivity (Wildman–Crippen MR) is 112 cm³/mol. The fourth-order valence-corrected chi connectivity index (χ4v) is 3.33. The minimum atomic E-state index is -0.247. The number of fused-ring (bicyclic) bond motifs is 1. The third-order valence-electron chi connectivity index (χ3n) is 4.77. The van der Waals surface area contributed by atoms with Gasteiger partial charge in [-0.3, -0.25) is 4.57 Å². The molecule has 0 aliphatic rings. The molecule has 0 amide bonds. The van der Waals surface area contributed by atoms with Crippen LogP contribution in [0.15, 0.2) is 64.6 Å². The van der Waals surface area contributed by atoms with Crippen molar-refractivity contribution < 1.29 is 0 Å². The first-order chi connectivity index (χ1) is 14.1. The molecule has 2 aromatic heterocycles. The van der Waals surface area contributed by atoms with Crippen LogP contribution >= 0.6 is 0 Å². The molecule has 144 valence electrons. The second kappa shape index (κ2) is 7.61. The van der Waals surface area contributed by atoms with E-state index in [2.05, 4.69) is 39.9 Å². The zero-order valence-electron chi connectivity index (χ0n) is 16.1. The molecule has 0 aliphatic heterocycles. The largest absolute Gasteiger partial charge is 0.328 e. The Balaban J connectivity index is 1.78. The van der Waals surface area contributed by atoms with E-state index in [1.54, 1.807) is 22.9 Å². The summed E-state index contributed by atoms with van der Waals surface area (Å²) >= 11 is 0. The van der Waals surface area contributed by atoms with Crippen molar-refractivity contribution in [2.75, 3.05) is 0 Å². The molecule has 29 heavy (non-hydrogen) atoms. The molecule has 0 fully saturated rings. The number of imidazole rings is 1. The lowest BCUT2D eigenvalue weighted by Gasteiger charge is -2.11. The van der Waals surface area contributed by atoms with Gasteiger partial charge in [-0.15, -0.1) is 0 Å². The van der Waals surface area contributed by atoms with Crippen molar-refractivity contribution in [1.82, 2.24) is 19.5 Å². The lowest BCUT2D eigenvalue weighted by molar-refractivity contribution is 0.777. The molecule has 0 radical (unpaired) electrons. The van der Waals surface area contributed by atoms with Gasteiger partial charge in [0.2, 0.25) is 0 Å². The maximum atomic E-state index is 12.5. The van der Waals surface area contributed by atoms with E-state index in [1.165, 1.54) is 0 Å². The molecule has 0 spiro atoms. The monoisotopic (exact) mass is 385 g/mol. The van der Waals surface area contributed by atoms with Crippen molar-refractivity contribution in [3.8, 4) is 11.4 Å². The number of azide groups is 1. The third-order valence-corrected chi connectivity index (χ3v) is 4.77. The molecule has 0 aliphatic carbocycles. The van der Waals surface area contributed by atoms with Crippen molar-refractivity contribution in [2.45, 2.75) is 26.3 Å². The molecule has 1 N–H and O–H groups in total. The maximum Gasteiger partial charge on any atom is 0.328 e. The number of hydrogen-bond donors (Lipinski definition) is 1. The fraction of sp³-hybridized carbons (Fsp3) is 0.190. The molecule has 0 bridgehead atoms. The molecule has 2 aromatic carbocycles. The molecular weight excluding hydrogens is 366 g/mol. The van der Waals surface area contributed by atoms with Gasteiger partial charge in [0.05, 0.1) is 12.7 Å². The summed E-state index contributed by atoms with van der Waals surface area (Å²) in [5, 5.41) is 3.57. The van der Waals surface area contributed by atoms with Gasteiger partial charge in [-0.25, -0.2) is 14.8 Å². The Morgan fingerprint density at radius 3 is 2.66 bits per heavy atom. The van der Waals surface area contributed by atoms with Gasteiger partial charge >= 0.3 is 5.69 Å². The van der Waals surface area contributed by atoms with E-state index in [0.29, 0.717) is 35.1 Å². The van der Waals surface area contributed by atoms with Crippen molar-refractivity contribution in [2.24, 2.45) is 5.11 Å². The van der Waals surface area contributed by atoms with Gasteiger partial charge in [0.25, 0.3) is 0 Å². The van der Waals surface area contributed by atoms with Crippen LogP contribution in [0.4, 0.5) is 5.69 Å². The molecule has 0 atom stereocenters. The van der Waals surface area contributed by atoms with E-state index < -0.39 is 0 Å². The van der Waals surface area contributed by atoms with Gasteiger partial charge in [0.1, 0.15) is 5.52 Å². The Morgan fingerprint density at radius 2 is 1.93 bits per heavy atom. The highest BCUT2D eigenvalue weighted by Crippen LogP contribution is 2.27. The van der Waals surface area contributed by atoms with Crippen LogP contribution in [0.5, 0.6) is 0 Å². The summed E-state index contributed by atoms with van der Waals surface area (Å²) in [5.41, 5.74) is 13.0. The van der Waals surface area contributed by atoms with Crippen molar-refractivity contribution >= 4 is 16.9 Å². The topological polar surface area (TPSA) is 112 Å². The van der Waals surface area contributed by atoms with Crippen LogP contribution in [-0.2, 0) is 6.54 Å². The van der Waals surface area contributed by atoms with E-state index in [4.69, 9.17) is 10.5 Å². The number of rotatable bonds is 5. The van der Waals surface area contributed by atoms with E-state index >= 15 is 0 Å². The van der Waals surface area contributed by atoms with Crippen molar-refractivity contribution in [3.63, 3.8) is 0 Å². The third kappa shape index (κ3) is 3.61. The van der Waals surface area contributed by atoms with Gasteiger partial charge in [-0.1, -0.05) is 67.5 Å². The van der Waals surface area contributed by atoms with Crippen molar-refractivity contribution in [3.05, 3.63) is 86.8 Å². The smallest absolute Gasteiger partial charge is 0.303 e. The van der Waals surface area contributed by atoms with Crippen LogP contribution in [0.3, 0.4) is 0 Å². The molecule has 0 unspecified atom stereocenters. The summed E-state index contributed by atoms with van der Waals surface area (Å²) < 4.78 is 1.58. The molecule has 4 aromatic rings. The van der Waals surface area contributed by atoms with Gasteiger partial charge < -0.3 is 4.98 Å². The second-order valence-electron chi connectivity index (χ2n) is 7.05. The summed E-state index contributed by atoms with van der Waals surface area (Å²) in [4.78, 5) is 27.3. The lowest BCUT2D eigenvalue weighted by atomic mass is 9.97. The minimum Gasteiger partial charge on any atom is -0.303 e. The first-order valence-electron chi connectivity index (χ1n) is 9.25. The minimum absolute atomic E-state index is 0.247. The summed E-state index contributed by atoms with van der Waals surface area (Å²) in [6.07, 6.45) is 1.65. The van der Waals surface area contributed by atoms with Crippen LogP contribution in [0.1, 0.15) is 30.9 Å². The first kappa shape index (κ1) is 18.5. The quantitative estimate of drug-likeness (QED) is 0.299. The van der Waals surface area contributed by atoms with Gasteiger partial charge in [0.15, 0.2) is 11.5 Å². The van der Waals surface area contributed by atoms with Crippen LogP contribution in [-0.4, -0.2) is 19.5 Å². The molecule has 8 nitrogen and oxygen atoms in total. The molecular formula is C21H19N7O. The summed E-state index contributed by atoms with van der Waals surface area (Å²) in [6.45, 7) is 4.60. The molecule has 4 rings (SSSR count).